The number of carboxylic acids is 1. The summed E-state index contributed by atoms with van der Waals surface area (Å²) in [6, 6.07) is 19.7. The molecule has 0 fully saturated rings. The predicted octanol–water partition coefficient (Wildman–Crippen LogP) is 5.69. The molecule has 5 rings (SSSR count). The number of hydrogen-bond acceptors (Lipinski definition) is 5. The number of amides is 1. The summed E-state index contributed by atoms with van der Waals surface area (Å²) in [4.78, 5) is 33.1. The molecule has 2 heterocycles. The third-order valence-corrected chi connectivity index (χ3v) is 7.42. The van der Waals surface area contributed by atoms with Gasteiger partial charge in [-0.05, 0) is 76.7 Å². The number of carbonyl (C=O) groups is 2. The molecule has 0 radical (unpaired) electrons. The van der Waals surface area contributed by atoms with Gasteiger partial charge in [-0.1, -0.05) is 31.2 Å². The van der Waals surface area contributed by atoms with Gasteiger partial charge in [0.25, 0.3) is 5.91 Å². The van der Waals surface area contributed by atoms with Gasteiger partial charge in [-0.15, -0.1) is 0 Å². The number of H-pyrrole nitrogens is 1. The average molecular weight is 562 g/mol. The summed E-state index contributed by atoms with van der Waals surface area (Å²) in [5.74, 6) is -1.10. The van der Waals surface area contributed by atoms with Crippen LogP contribution in [0.4, 0.5) is 0 Å². The van der Waals surface area contributed by atoms with Crippen LogP contribution in [0.5, 0.6) is 5.75 Å². The van der Waals surface area contributed by atoms with Crippen LogP contribution in [0, 0.1) is 5.41 Å². The van der Waals surface area contributed by atoms with E-state index in [1.165, 1.54) is 13.2 Å². The van der Waals surface area contributed by atoms with Crippen LogP contribution in [0.1, 0.15) is 62.2 Å². The zero-order valence-corrected chi connectivity index (χ0v) is 23.3. The van der Waals surface area contributed by atoms with E-state index in [-0.39, 0.29) is 23.2 Å². The first-order valence-corrected chi connectivity index (χ1v) is 13.5. The number of aromatic amines is 1. The van der Waals surface area contributed by atoms with E-state index in [0.717, 1.165) is 27.6 Å². The Balaban J connectivity index is 1.63. The van der Waals surface area contributed by atoms with Gasteiger partial charge in [0.15, 0.2) is 0 Å². The molecule has 5 aromatic rings. The number of ether oxygens (including phenoxy) is 1. The predicted molar refractivity (Wildman–Crippen MR) is 162 cm³/mol. The van der Waals surface area contributed by atoms with Crippen molar-refractivity contribution in [1.29, 1.82) is 5.41 Å². The number of amidine groups is 1. The van der Waals surface area contributed by atoms with E-state index in [1.54, 1.807) is 36.7 Å². The summed E-state index contributed by atoms with van der Waals surface area (Å²) >= 11 is 0. The van der Waals surface area contributed by atoms with Crippen LogP contribution in [0.2, 0.25) is 0 Å². The molecule has 0 aliphatic heterocycles. The number of nitrogen functional groups attached to an aromatic ring is 1. The van der Waals surface area contributed by atoms with Gasteiger partial charge in [-0.2, -0.15) is 0 Å². The first-order chi connectivity index (χ1) is 20.3. The summed E-state index contributed by atoms with van der Waals surface area (Å²) in [6.07, 6.45) is 6.01. The van der Waals surface area contributed by atoms with Crippen molar-refractivity contribution in [2.24, 2.45) is 5.73 Å². The number of aromatic carboxylic acids is 1. The van der Waals surface area contributed by atoms with E-state index in [1.807, 2.05) is 42.6 Å². The average Bonchev–Trinajstić information content (AvgIpc) is 3.43. The Kier molecular flexibility index (Phi) is 8.01. The lowest BCUT2D eigenvalue weighted by molar-refractivity contribution is 0.0697. The fraction of sp³-hybridized carbons (Fsp3) is 0.152. The number of rotatable bonds is 10. The normalized spacial score (nSPS) is 11.7. The second kappa shape index (κ2) is 12.0. The molecule has 1 atom stereocenters. The second-order valence-corrected chi connectivity index (χ2v) is 9.94. The molecule has 0 spiro atoms. The summed E-state index contributed by atoms with van der Waals surface area (Å²) in [5, 5.41) is 21.8. The van der Waals surface area contributed by atoms with Crippen molar-refractivity contribution in [3.05, 3.63) is 119 Å². The molecular weight excluding hydrogens is 530 g/mol. The lowest BCUT2D eigenvalue weighted by Gasteiger charge is -2.22. The molecule has 1 amide bonds. The third kappa shape index (κ3) is 5.57. The van der Waals surface area contributed by atoms with Crippen LogP contribution in [-0.4, -0.2) is 39.9 Å². The lowest BCUT2D eigenvalue weighted by atomic mass is 9.82. The number of pyridine rings is 1. The van der Waals surface area contributed by atoms with E-state index in [4.69, 9.17) is 15.9 Å². The van der Waals surface area contributed by atoms with Gasteiger partial charge in [-0.3, -0.25) is 15.2 Å². The topological polar surface area (TPSA) is 154 Å². The highest BCUT2D eigenvalue weighted by molar-refractivity contribution is 6.01. The minimum absolute atomic E-state index is 0.0134. The molecule has 212 valence electrons. The Morgan fingerprint density at radius 3 is 2.55 bits per heavy atom. The Bertz CT molecular complexity index is 1800. The highest BCUT2D eigenvalue weighted by atomic mass is 16.5. The number of nitrogens with zero attached hydrogens (tertiary/aromatic N) is 1. The maximum absolute atomic E-state index is 13.3. The molecule has 2 aromatic heterocycles. The summed E-state index contributed by atoms with van der Waals surface area (Å²) in [7, 11) is 1.49. The van der Waals surface area contributed by atoms with Crippen molar-refractivity contribution in [3.63, 3.8) is 0 Å². The Morgan fingerprint density at radius 2 is 1.86 bits per heavy atom. The fourth-order valence-corrected chi connectivity index (χ4v) is 5.30. The molecular formula is C33H31N5O4. The Morgan fingerprint density at radius 1 is 1.05 bits per heavy atom. The summed E-state index contributed by atoms with van der Waals surface area (Å²) < 4.78 is 5.30. The molecule has 0 aliphatic rings. The summed E-state index contributed by atoms with van der Waals surface area (Å²) in [6.45, 7) is 2.37. The molecule has 6 N–H and O–H groups in total. The highest BCUT2D eigenvalue weighted by Crippen LogP contribution is 2.40. The van der Waals surface area contributed by atoms with Gasteiger partial charge in [0.1, 0.15) is 11.6 Å². The van der Waals surface area contributed by atoms with Crippen molar-refractivity contribution in [3.8, 4) is 16.9 Å². The van der Waals surface area contributed by atoms with Crippen molar-refractivity contribution in [1.82, 2.24) is 15.3 Å². The Labute approximate surface area is 242 Å². The van der Waals surface area contributed by atoms with E-state index in [9.17, 15) is 14.7 Å². The maximum Gasteiger partial charge on any atom is 0.336 e. The minimum atomic E-state index is -1.10. The standard InChI is InChI=1S/C33H31N5O4/c1-3-23(29-18-37-30-14-20(31(34)35)6-10-26(29)30)24-9-7-21(32(39)38-17-19-5-4-12-36-16-19)13-27(24)25-11-8-22(42-2)15-28(25)33(40)41/h4-16,18,23,37H,3,17H2,1-2H3,(H3,34,35)(H,38,39)(H,40,41). The number of nitrogens with two attached hydrogens (primary N) is 1. The molecule has 1 unspecified atom stereocenters. The van der Waals surface area contributed by atoms with E-state index in [2.05, 4.69) is 22.2 Å². The van der Waals surface area contributed by atoms with Gasteiger partial charge in [0.05, 0.1) is 12.7 Å². The number of methoxy groups -OCH3 is 1. The van der Waals surface area contributed by atoms with Gasteiger partial charge in [-0.25, -0.2) is 4.79 Å². The second-order valence-electron chi connectivity index (χ2n) is 9.94. The van der Waals surface area contributed by atoms with E-state index < -0.39 is 5.97 Å². The first kappa shape index (κ1) is 28.1. The number of fused-ring (bicyclic) bond motifs is 1. The van der Waals surface area contributed by atoms with Crippen molar-refractivity contribution < 1.29 is 19.4 Å². The largest absolute Gasteiger partial charge is 0.497 e. The van der Waals surface area contributed by atoms with Crippen LogP contribution < -0.4 is 15.8 Å². The van der Waals surface area contributed by atoms with E-state index >= 15 is 0 Å². The molecule has 0 saturated heterocycles. The van der Waals surface area contributed by atoms with Crippen LogP contribution in [0.15, 0.2) is 85.3 Å². The Hall–Kier alpha value is -5.44. The van der Waals surface area contributed by atoms with Gasteiger partial charge in [0, 0.05) is 53.1 Å². The minimum Gasteiger partial charge on any atom is -0.497 e. The van der Waals surface area contributed by atoms with Crippen LogP contribution in [-0.2, 0) is 6.54 Å². The lowest BCUT2D eigenvalue weighted by Crippen LogP contribution is -2.23. The van der Waals surface area contributed by atoms with E-state index in [0.29, 0.717) is 41.0 Å². The molecule has 0 aliphatic carbocycles. The highest BCUT2D eigenvalue weighted by Gasteiger charge is 2.24. The fourth-order valence-electron chi connectivity index (χ4n) is 5.30. The molecule has 3 aromatic carbocycles. The number of carboxylic acid groups (broad SMARTS) is 1. The SMILES string of the molecule is CCC(c1ccc(C(=O)NCc2cccnc2)cc1-c1ccc(OC)cc1C(=O)O)c1c[nH]c2cc(C(=N)N)ccc12. The van der Waals surface area contributed by atoms with Crippen LogP contribution in [0.25, 0.3) is 22.0 Å². The molecule has 0 saturated carbocycles. The van der Waals surface area contributed by atoms with Crippen molar-refractivity contribution >= 4 is 28.6 Å². The summed E-state index contributed by atoms with van der Waals surface area (Å²) in [5.41, 5.74) is 11.5. The number of benzene rings is 3. The quantitative estimate of drug-likeness (QED) is 0.109. The number of nitrogens with one attached hydrogen (secondary N) is 3. The monoisotopic (exact) mass is 561 g/mol. The van der Waals surface area contributed by atoms with Gasteiger partial charge < -0.3 is 25.9 Å². The van der Waals surface area contributed by atoms with Crippen LogP contribution >= 0.6 is 0 Å². The zero-order valence-electron chi connectivity index (χ0n) is 23.3. The van der Waals surface area contributed by atoms with Crippen molar-refractivity contribution in [2.45, 2.75) is 25.8 Å². The maximum atomic E-state index is 13.3. The number of aromatic nitrogens is 2. The number of carbonyl (C=O) groups excluding carboxylic acids is 1. The number of hydrogen-bond donors (Lipinski definition) is 5. The molecule has 9 heteroatoms. The zero-order chi connectivity index (χ0) is 29.8. The van der Waals surface area contributed by atoms with Gasteiger partial charge in [0.2, 0.25) is 0 Å². The van der Waals surface area contributed by atoms with Crippen molar-refractivity contribution in [2.75, 3.05) is 7.11 Å². The molecule has 9 nitrogen and oxygen atoms in total. The molecule has 42 heavy (non-hydrogen) atoms. The molecule has 0 bridgehead atoms. The smallest absolute Gasteiger partial charge is 0.336 e. The first-order valence-electron chi connectivity index (χ1n) is 13.5. The van der Waals surface area contributed by atoms with Gasteiger partial charge >= 0.3 is 5.97 Å². The van der Waals surface area contributed by atoms with Crippen LogP contribution in [0.3, 0.4) is 0 Å². The third-order valence-electron chi connectivity index (χ3n) is 7.42.